The Labute approximate surface area is 148 Å². The van der Waals surface area contributed by atoms with Gasteiger partial charge in [0.25, 0.3) is 0 Å². The lowest BCUT2D eigenvalue weighted by Gasteiger charge is -2.45. The van der Waals surface area contributed by atoms with E-state index in [2.05, 4.69) is 22.1 Å². The molecular formula is C18H23N3O3S. The van der Waals surface area contributed by atoms with E-state index in [1.807, 2.05) is 24.3 Å². The molecule has 0 saturated carbocycles. The molecule has 0 radical (unpaired) electrons. The average molecular weight is 361 g/mol. The molecule has 0 bridgehead atoms. The molecule has 7 heteroatoms. The molecule has 1 aromatic heterocycles. The molecule has 1 aromatic carbocycles. The zero-order valence-electron chi connectivity index (χ0n) is 14.5. The van der Waals surface area contributed by atoms with Crippen molar-refractivity contribution in [2.24, 2.45) is 0 Å². The highest BCUT2D eigenvalue weighted by molar-refractivity contribution is 7.89. The van der Waals surface area contributed by atoms with Crippen LogP contribution < -0.4 is 10.1 Å². The van der Waals surface area contributed by atoms with E-state index >= 15 is 0 Å². The molecule has 4 rings (SSSR count). The second-order valence-electron chi connectivity index (χ2n) is 6.65. The van der Waals surface area contributed by atoms with Gasteiger partial charge in [0.2, 0.25) is 10.0 Å². The molecule has 6 nitrogen and oxygen atoms in total. The van der Waals surface area contributed by atoms with Gasteiger partial charge in [-0.05, 0) is 44.0 Å². The van der Waals surface area contributed by atoms with Crippen molar-refractivity contribution >= 4 is 15.7 Å². The van der Waals surface area contributed by atoms with Gasteiger partial charge in [-0.2, -0.15) is 0 Å². The van der Waals surface area contributed by atoms with Gasteiger partial charge in [-0.1, -0.05) is 0 Å². The van der Waals surface area contributed by atoms with Crippen LogP contribution in [0.15, 0.2) is 36.5 Å². The summed E-state index contributed by atoms with van der Waals surface area (Å²) in [4.78, 5) is 0. The summed E-state index contributed by atoms with van der Waals surface area (Å²) in [5.74, 6) is 0.965. The quantitative estimate of drug-likeness (QED) is 0.913. The van der Waals surface area contributed by atoms with E-state index in [4.69, 9.17) is 4.74 Å². The van der Waals surface area contributed by atoms with Gasteiger partial charge in [0.05, 0.1) is 29.8 Å². The minimum Gasteiger partial charge on any atom is -0.497 e. The Balaban J connectivity index is 1.71. The van der Waals surface area contributed by atoms with Crippen molar-refractivity contribution < 1.29 is 13.2 Å². The number of fused-ring (bicyclic) bond motifs is 4. The van der Waals surface area contributed by atoms with Gasteiger partial charge in [-0.25, -0.2) is 12.7 Å². The first kappa shape index (κ1) is 16.5. The predicted molar refractivity (Wildman–Crippen MR) is 97.9 cm³/mol. The highest BCUT2D eigenvalue weighted by atomic mass is 32.2. The zero-order valence-corrected chi connectivity index (χ0v) is 15.3. The number of nitrogens with zero attached hydrogens (tertiary/aromatic N) is 2. The van der Waals surface area contributed by atoms with Crippen molar-refractivity contribution in [3.63, 3.8) is 0 Å². The van der Waals surface area contributed by atoms with Crippen LogP contribution in [-0.4, -0.2) is 43.2 Å². The molecule has 2 aromatic rings. The normalized spacial score (nSPS) is 19.1. The third-order valence-electron chi connectivity index (χ3n) is 5.41. The number of anilines is 1. The van der Waals surface area contributed by atoms with Crippen molar-refractivity contribution in [3.05, 3.63) is 42.2 Å². The lowest BCUT2D eigenvalue weighted by molar-refractivity contribution is 0.247. The van der Waals surface area contributed by atoms with Gasteiger partial charge in [-0.15, -0.1) is 0 Å². The van der Waals surface area contributed by atoms with Crippen molar-refractivity contribution in [3.8, 4) is 11.4 Å². The number of aromatic nitrogens is 1. The van der Waals surface area contributed by atoms with E-state index in [-0.39, 0.29) is 11.3 Å². The SMILES string of the molecule is CCS(=O)(=O)N1CCC2(CC1)Nc1cc(OC)ccc1-n1cccc12. The number of nitrogens with one attached hydrogen (secondary N) is 1. The van der Waals surface area contributed by atoms with E-state index < -0.39 is 10.0 Å². The van der Waals surface area contributed by atoms with Gasteiger partial charge in [0, 0.05) is 31.0 Å². The molecule has 1 N–H and O–H groups in total. The fraction of sp³-hybridized carbons (Fsp3) is 0.444. The summed E-state index contributed by atoms with van der Waals surface area (Å²) in [6, 6.07) is 10.2. The Bertz CT molecular complexity index is 896. The molecule has 0 amide bonds. The first-order chi connectivity index (χ1) is 12.0. The average Bonchev–Trinajstić information content (AvgIpc) is 3.13. The molecule has 1 spiro atoms. The van der Waals surface area contributed by atoms with Gasteiger partial charge in [-0.3, -0.25) is 0 Å². The highest BCUT2D eigenvalue weighted by Crippen LogP contribution is 2.44. The molecular weight excluding hydrogens is 338 g/mol. The predicted octanol–water partition coefficient (Wildman–Crippen LogP) is 2.55. The van der Waals surface area contributed by atoms with E-state index in [1.165, 1.54) is 5.69 Å². The fourth-order valence-corrected chi connectivity index (χ4v) is 5.07. The van der Waals surface area contributed by atoms with Crippen LogP contribution >= 0.6 is 0 Å². The second-order valence-corrected chi connectivity index (χ2v) is 8.91. The number of methoxy groups -OCH3 is 1. The Morgan fingerprint density at radius 3 is 2.68 bits per heavy atom. The summed E-state index contributed by atoms with van der Waals surface area (Å²) in [6.45, 7) is 2.77. The van der Waals surface area contributed by atoms with Crippen molar-refractivity contribution in [2.75, 3.05) is 31.3 Å². The van der Waals surface area contributed by atoms with E-state index in [0.29, 0.717) is 13.1 Å². The number of benzene rings is 1. The van der Waals surface area contributed by atoms with Crippen molar-refractivity contribution in [1.82, 2.24) is 8.87 Å². The third-order valence-corrected chi connectivity index (χ3v) is 7.29. The van der Waals surface area contributed by atoms with Crippen LogP contribution in [0.2, 0.25) is 0 Å². The summed E-state index contributed by atoms with van der Waals surface area (Å²) in [7, 11) is -1.47. The summed E-state index contributed by atoms with van der Waals surface area (Å²) in [6.07, 6.45) is 3.55. The van der Waals surface area contributed by atoms with Crippen LogP contribution in [0.25, 0.3) is 5.69 Å². The largest absolute Gasteiger partial charge is 0.497 e. The summed E-state index contributed by atoms with van der Waals surface area (Å²) >= 11 is 0. The van der Waals surface area contributed by atoms with E-state index in [0.717, 1.165) is 30.0 Å². The first-order valence-electron chi connectivity index (χ1n) is 8.61. The molecule has 0 atom stereocenters. The van der Waals surface area contributed by atoms with Crippen molar-refractivity contribution in [1.29, 1.82) is 0 Å². The molecule has 2 aliphatic rings. The monoisotopic (exact) mass is 361 g/mol. The minimum atomic E-state index is -3.13. The number of piperidine rings is 1. The minimum absolute atomic E-state index is 0.157. The standard InChI is InChI=1S/C18H23N3O3S/c1-3-25(22,23)20-11-8-18(9-12-20)17-5-4-10-21(17)16-7-6-14(24-2)13-15(16)19-18/h4-7,10,13,19H,3,8-9,11-12H2,1-2H3. The van der Waals surface area contributed by atoms with E-state index in [1.54, 1.807) is 18.3 Å². The Morgan fingerprint density at radius 1 is 1.24 bits per heavy atom. The molecule has 2 aliphatic heterocycles. The van der Waals surface area contributed by atoms with Crippen LogP contribution in [0.5, 0.6) is 5.75 Å². The molecule has 1 saturated heterocycles. The van der Waals surface area contributed by atoms with Crippen LogP contribution in [0.1, 0.15) is 25.5 Å². The number of rotatable bonds is 3. The zero-order chi connectivity index (χ0) is 17.7. The van der Waals surface area contributed by atoms with Crippen LogP contribution in [0.4, 0.5) is 5.69 Å². The number of hydrogen-bond acceptors (Lipinski definition) is 4. The lowest BCUT2D eigenvalue weighted by atomic mass is 9.83. The van der Waals surface area contributed by atoms with Crippen LogP contribution in [0.3, 0.4) is 0 Å². The molecule has 0 aliphatic carbocycles. The maximum absolute atomic E-state index is 12.2. The Morgan fingerprint density at radius 2 is 2.00 bits per heavy atom. The van der Waals surface area contributed by atoms with Crippen LogP contribution in [0, 0.1) is 0 Å². The summed E-state index contributed by atoms with van der Waals surface area (Å²) in [5.41, 5.74) is 3.06. The fourth-order valence-electron chi connectivity index (χ4n) is 3.96. The molecule has 1 fully saturated rings. The van der Waals surface area contributed by atoms with E-state index in [9.17, 15) is 8.42 Å². The first-order valence-corrected chi connectivity index (χ1v) is 10.2. The molecule has 134 valence electrons. The van der Waals surface area contributed by atoms with Gasteiger partial charge >= 0.3 is 0 Å². The third kappa shape index (κ3) is 2.53. The maximum atomic E-state index is 12.2. The van der Waals surface area contributed by atoms with Crippen LogP contribution in [-0.2, 0) is 15.6 Å². The smallest absolute Gasteiger partial charge is 0.213 e. The lowest BCUT2D eigenvalue weighted by Crippen LogP contribution is -2.51. The molecule has 25 heavy (non-hydrogen) atoms. The Kier molecular flexibility index (Phi) is 3.81. The van der Waals surface area contributed by atoms with Crippen molar-refractivity contribution in [2.45, 2.75) is 25.3 Å². The number of sulfonamides is 1. The van der Waals surface area contributed by atoms with Gasteiger partial charge in [0.1, 0.15) is 5.75 Å². The van der Waals surface area contributed by atoms with Gasteiger partial charge < -0.3 is 14.6 Å². The topological polar surface area (TPSA) is 63.6 Å². The molecule has 0 unspecified atom stereocenters. The Hall–Kier alpha value is -1.99. The number of ether oxygens (including phenoxy) is 1. The summed E-state index contributed by atoms with van der Waals surface area (Å²) < 4.78 is 33.6. The highest BCUT2D eigenvalue weighted by Gasteiger charge is 2.43. The molecule has 3 heterocycles. The summed E-state index contributed by atoms with van der Waals surface area (Å²) in [5, 5.41) is 3.70. The number of hydrogen-bond donors (Lipinski definition) is 1. The second kappa shape index (κ2) is 5.78. The maximum Gasteiger partial charge on any atom is 0.213 e. The van der Waals surface area contributed by atoms with Gasteiger partial charge in [0.15, 0.2) is 0 Å².